The molecule has 0 aromatic carbocycles. The van der Waals surface area contributed by atoms with Gasteiger partial charge in [0, 0.05) is 26.4 Å². The van der Waals surface area contributed by atoms with Crippen molar-refractivity contribution < 1.29 is 35.1 Å². The third-order valence-electron chi connectivity index (χ3n) is 3.57. The van der Waals surface area contributed by atoms with Crippen molar-refractivity contribution in [3.63, 3.8) is 0 Å². The molecule has 5 N–H and O–H groups in total. The Bertz CT molecular complexity index is 522. The van der Waals surface area contributed by atoms with Gasteiger partial charge in [0.05, 0.1) is 11.5 Å². The summed E-state index contributed by atoms with van der Waals surface area (Å²) in [6, 6.07) is 3.42. The first-order valence-electron chi connectivity index (χ1n) is 7.41. The minimum absolute atomic E-state index is 0.0359. The number of aliphatic hydroxyl groups excluding tert-OH is 5. The Hall–Kier alpha value is -1.36. The minimum atomic E-state index is -1.74. The summed E-state index contributed by atoms with van der Waals surface area (Å²) < 4.78 is 0. The number of likely N-dealkylation sites (N-methyl/N-ethyl adjacent to an activating group) is 1. The second-order valence-corrected chi connectivity index (χ2v) is 6.42. The Morgan fingerprint density at radius 3 is 2.29 bits per heavy atom. The van der Waals surface area contributed by atoms with Gasteiger partial charge in [-0.2, -0.15) is 0 Å². The summed E-state index contributed by atoms with van der Waals surface area (Å²) in [5.41, 5.74) is 0. The van der Waals surface area contributed by atoms with Crippen LogP contribution < -0.4 is 0 Å². The van der Waals surface area contributed by atoms with Crippen molar-refractivity contribution in [3.8, 4) is 0 Å². The van der Waals surface area contributed by atoms with Gasteiger partial charge >= 0.3 is 0 Å². The number of carbonyl (C=O) groups excluding carboxylic acids is 2. The fourth-order valence-corrected chi connectivity index (χ4v) is 2.72. The first kappa shape index (κ1) is 20.7. The summed E-state index contributed by atoms with van der Waals surface area (Å²) in [7, 11) is 1.39. The fourth-order valence-electron chi connectivity index (χ4n) is 2.03. The number of nitrogens with zero attached hydrogens (tertiary/aromatic N) is 1. The van der Waals surface area contributed by atoms with Crippen LogP contribution in [-0.2, 0) is 4.79 Å². The van der Waals surface area contributed by atoms with Gasteiger partial charge < -0.3 is 30.4 Å². The number of rotatable bonds is 10. The Labute approximate surface area is 143 Å². The summed E-state index contributed by atoms with van der Waals surface area (Å²) in [5.74, 6) is -0.544. The van der Waals surface area contributed by atoms with Crippen LogP contribution in [0.4, 0.5) is 0 Å². The van der Waals surface area contributed by atoms with Gasteiger partial charge in [-0.05, 0) is 11.4 Å². The van der Waals surface area contributed by atoms with E-state index in [1.807, 2.05) is 0 Å². The predicted molar refractivity (Wildman–Crippen MR) is 86.6 cm³/mol. The number of amides is 1. The SMILES string of the molecule is CN(CC(O)C(O)C(O)C(O)CO)C(=O)CCC(=O)c1cccs1. The van der Waals surface area contributed by atoms with Crippen molar-refractivity contribution in [1.29, 1.82) is 0 Å². The number of hydrogen-bond donors (Lipinski definition) is 5. The van der Waals surface area contributed by atoms with Crippen molar-refractivity contribution >= 4 is 23.0 Å². The highest BCUT2D eigenvalue weighted by molar-refractivity contribution is 7.12. The minimum Gasteiger partial charge on any atom is -0.394 e. The lowest BCUT2D eigenvalue weighted by Gasteiger charge is -2.28. The second kappa shape index (κ2) is 9.82. The smallest absolute Gasteiger partial charge is 0.222 e. The van der Waals surface area contributed by atoms with E-state index >= 15 is 0 Å². The molecule has 0 aliphatic carbocycles. The molecule has 0 radical (unpaired) electrons. The van der Waals surface area contributed by atoms with Crippen molar-refractivity contribution in [2.45, 2.75) is 37.3 Å². The quantitative estimate of drug-likeness (QED) is 0.323. The fraction of sp³-hybridized carbons (Fsp3) is 0.600. The number of thiophene rings is 1. The number of hydrogen-bond acceptors (Lipinski definition) is 8. The highest BCUT2D eigenvalue weighted by Crippen LogP contribution is 2.13. The monoisotopic (exact) mass is 361 g/mol. The van der Waals surface area contributed by atoms with Crippen molar-refractivity contribution in [2.24, 2.45) is 0 Å². The standard InChI is InChI=1S/C15H23NO7S/c1-16(7-10(19)14(22)15(23)11(20)8-17)13(21)5-4-9(18)12-3-2-6-24-12/h2-3,6,10-11,14-15,17,19-20,22-23H,4-5,7-8H2,1H3. The lowest BCUT2D eigenvalue weighted by atomic mass is 10.0. The van der Waals surface area contributed by atoms with Crippen LogP contribution in [0.25, 0.3) is 0 Å². The van der Waals surface area contributed by atoms with Gasteiger partial charge in [-0.3, -0.25) is 9.59 Å². The topological polar surface area (TPSA) is 139 Å². The van der Waals surface area contributed by atoms with Gasteiger partial charge in [0.25, 0.3) is 0 Å². The van der Waals surface area contributed by atoms with Crippen LogP contribution in [0.1, 0.15) is 22.5 Å². The molecule has 1 rings (SSSR count). The highest BCUT2D eigenvalue weighted by atomic mass is 32.1. The molecule has 0 saturated carbocycles. The molecule has 0 aliphatic heterocycles. The first-order valence-corrected chi connectivity index (χ1v) is 8.29. The maximum Gasteiger partial charge on any atom is 0.222 e. The molecular weight excluding hydrogens is 338 g/mol. The van der Waals surface area contributed by atoms with Gasteiger partial charge in [-0.25, -0.2) is 0 Å². The molecule has 1 aromatic heterocycles. The second-order valence-electron chi connectivity index (χ2n) is 5.47. The van der Waals surface area contributed by atoms with Crippen LogP contribution in [0.5, 0.6) is 0 Å². The zero-order valence-electron chi connectivity index (χ0n) is 13.3. The Balaban J connectivity index is 2.44. The Kier molecular flexibility index (Phi) is 8.46. The average molecular weight is 361 g/mol. The highest BCUT2D eigenvalue weighted by Gasteiger charge is 2.31. The third-order valence-corrected chi connectivity index (χ3v) is 4.48. The molecule has 136 valence electrons. The van der Waals surface area contributed by atoms with Gasteiger partial charge in [-0.1, -0.05) is 6.07 Å². The number of aliphatic hydroxyl groups is 5. The zero-order valence-corrected chi connectivity index (χ0v) is 14.1. The van der Waals surface area contributed by atoms with Crippen LogP contribution in [-0.4, -0.2) is 86.7 Å². The maximum absolute atomic E-state index is 12.0. The molecular formula is C15H23NO7S. The van der Waals surface area contributed by atoms with Crippen molar-refractivity contribution in [1.82, 2.24) is 4.90 Å². The van der Waals surface area contributed by atoms with E-state index in [2.05, 4.69) is 0 Å². The number of ketones is 1. The van der Waals surface area contributed by atoms with Crippen LogP contribution in [0.3, 0.4) is 0 Å². The number of carbonyl (C=O) groups is 2. The summed E-state index contributed by atoms with van der Waals surface area (Å²) in [6.07, 6.45) is -6.59. The van der Waals surface area contributed by atoms with Gasteiger partial charge in [0.2, 0.25) is 5.91 Å². The van der Waals surface area contributed by atoms with E-state index in [0.717, 1.165) is 4.90 Å². The van der Waals surface area contributed by atoms with E-state index in [1.54, 1.807) is 17.5 Å². The normalized spacial score (nSPS) is 16.2. The molecule has 1 heterocycles. The van der Waals surface area contributed by atoms with E-state index < -0.39 is 36.9 Å². The zero-order chi connectivity index (χ0) is 18.3. The third kappa shape index (κ3) is 5.93. The summed E-state index contributed by atoms with van der Waals surface area (Å²) in [5, 5.41) is 48.8. The molecule has 4 unspecified atom stereocenters. The van der Waals surface area contributed by atoms with Gasteiger partial charge in [0.15, 0.2) is 5.78 Å². The molecule has 0 spiro atoms. The molecule has 8 nitrogen and oxygen atoms in total. The number of Topliss-reactive ketones (excluding diaryl/α,β-unsaturated/α-hetero) is 1. The van der Waals surface area contributed by atoms with Crippen molar-refractivity contribution in [2.75, 3.05) is 20.2 Å². The van der Waals surface area contributed by atoms with Crippen LogP contribution in [0.15, 0.2) is 17.5 Å². The molecule has 1 aromatic rings. The summed E-state index contributed by atoms with van der Waals surface area (Å²) >= 11 is 1.29. The van der Waals surface area contributed by atoms with E-state index in [9.17, 15) is 30.0 Å². The first-order chi connectivity index (χ1) is 11.3. The largest absolute Gasteiger partial charge is 0.394 e. The van der Waals surface area contributed by atoms with E-state index in [1.165, 1.54) is 18.4 Å². The molecule has 24 heavy (non-hydrogen) atoms. The molecule has 4 atom stereocenters. The predicted octanol–water partition coefficient (Wildman–Crippen LogP) is -1.39. The van der Waals surface area contributed by atoms with Crippen LogP contribution >= 0.6 is 11.3 Å². The summed E-state index contributed by atoms with van der Waals surface area (Å²) in [6.45, 7) is -1.06. The molecule has 0 fully saturated rings. The Morgan fingerprint density at radius 2 is 1.75 bits per heavy atom. The summed E-state index contributed by atoms with van der Waals surface area (Å²) in [4.78, 5) is 25.5. The van der Waals surface area contributed by atoms with E-state index in [4.69, 9.17) is 5.11 Å². The van der Waals surface area contributed by atoms with Gasteiger partial charge in [-0.15, -0.1) is 11.3 Å². The van der Waals surface area contributed by atoms with Gasteiger partial charge in [0.1, 0.15) is 24.4 Å². The lowest BCUT2D eigenvalue weighted by molar-refractivity contribution is -0.137. The molecule has 0 aliphatic rings. The molecule has 0 bridgehead atoms. The molecule has 1 amide bonds. The lowest BCUT2D eigenvalue weighted by Crippen LogP contribution is -2.50. The van der Waals surface area contributed by atoms with E-state index in [0.29, 0.717) is 4.88 Å². The molecule has 0 saturated heterocycles. The van der Waals surface area contributed by atoms with Crippen LogP contribution in [0, 0.1) is 0 Å². The van der Waals surface area contributed by atoms with E-state index in [-0.39, 0.29) is 25.2 Å². The van der Waals surface area contributed by atoms with Crippen molar-refractivity contribution in [3.05, 3.63) is 22.4 Å². The Morgan fingerprint density at radius 1 is 1.12 bits per heavy atom. The maximum atomic E-state index is 12.0. The van der Waals surface area contributed by atoms with Crippen LogP contribution in [0.2, 0.25) is 0 Å². The average Bonchev–Trinajstić information content (AvgIpc) is 3.11. The molecule has 9 heteroatoms.